The van der Waals surface area contributed by atoms with Crippen molar-refractivity contribution in [1.82, 2.24) is 0 Å². The Bertz CT molecular complexity index is 2020. The number of carbonyl (C=O) groups is 2. The van der Waals surface area contributed by atoms with Gasteiger partial charge in [-0.1, -0.05) is 320 Å². The van der Waals surface area contributed by atoms with Crippen molar-refractivity contribution >= 4 is 19.8 Å². The molecule has 0 aliphatic heterocycles. The van der Waals surface area contributed by atoms with Gasteiger partial charge in [0, 0.05) is 19.4 Å². The van der Waals surface area contributed by atoms with E-state index in [-0.39, 0.29) is 38.6 Å². The lowest BCUT2D eigenvalue weighted by Gasteiger charge is -2.19. The third-order valence-corrected chi connectivity index (χ3v) is 15.9. The van der Waals surface area contributed by atoms with E-state index in [1.165, 1.54) is 135 Å². The van der Waals surface area contributed by atoms with Crippen LogP contribution in [0.3, 0.4) is 0 Å². The fourth-order valence-electron chi connectivity index (χ4n) is 9.68. The average Bonchev–Trinajstić information content (AvgIpc) is 3.68. The van der Waals surface area contributed by atoms with Crippen molar-refractivity contribution in [1.29, 1.82) is 0 Å². The van der Waals surface area contributed by atoms with Gasteiger partial charge in [0.2, 0.25) is 0 Å². The number of unbranched alkanes of at least 4 members (excludes halogenated alkanes) is 27. The highest BCUT2D eigenvalue weighted by Gasteiger charge is 2.26. The molecule has 2 atom stereocenters. The number of ether oxygens (including phenoxy) is 2. The molecule has 2 unspecified atom stereocenters. The molecular weight excluding hydrogens is 1120 g/mol. The lowest BCUT2D eigenvalue weighted by molar-refractivity contribution is -0.161. The van der Waals surface area contributed by atoms with Crippen LogP contribution in [0.4, 0.5) is 0 Å². The summed E-state index contributed by atoms with van der Waals surface area (Å²) in [4.78, 5) is 35.4. The number of allylic oxidation sites excluding steroid dienone is 26. The van der Waals surface area contributed by atoms with Crippen molar-refractivity contribution in [2.75, 3.05) is 26.4 Å². The van der Waals surface area contributed by atoms with Crippen LogP contribution in [0, 0.1) is 0 Å². The summed E-state index contributed by atoms with van der Waals surface area (Å²) in [7, 11) is -4.40. The summed E-state index contributed by atoms with van der Waals surface area (Å²) in [6.45, 7) is 3.53. The second kappa shape index (κ2) is 72.7. The van der Waals surface area contributed by atoms with E-state index in [4.69, 9.17) is 24.3 Å². The average molecular weight is 1250 g/mol. The molecule has 3 N–H and O–H groups in total. The van der Waals surface area contributed by atoms with E-state index in [1.54, 1.807) is 0 Å². The second-order valence-corrected chi connectivity index (χ2v) is 24.8. The molecule has 0 aromatic rings. The van der Waals surface area contributed by atoms with Crippen molar-refractivity contribution in [3.63, 3.8) is 0 Å². The molecule has 0 amide bonds. The van der Waals surface area contributed by atoms with Crippen molar-refractivity contribution in [3.05, 3.63) is 158 Å². The van der Waals surface area contributed by atoms with Gasteiger partial charge in [-0.3, -0.25) is 18.6 Å². The number of esters is 2. The summed E-state index contributed by atoms with van der Waals surface area (Å²) in [6, 6.07) is 0. The minimum absolute atomic E-state index is 0.0472. The lowest BCUT2D eigenvalue weighted by atomic mass is 10.0. The Morgan fingerprint density at radius 2 is 0.584 bits per heavy atom. The van der Waals surface area contributed by atoms with Gasteiger partial charge in [0.15, 0.2) is 6.10 Å². The van der Waals surface area contributed by atoms with Gasteiger partial charge < -0.3 is 20.1 Å². The Morgan fingerprint density at radius 3 is 0.865 bits per heavy atom. The SMILES string of the molecule is CC/C=C\C/C=C\C/C=C\C/C=C\C/C=C\C/C=C\C/C=C\C/C=C\CCCCCCCCCCCCCCC(=O)OC(COC(=O)CCCCCCCCCCCCCCCCC/C=C\C/C=C\C/C=C\C/C=C\C/C=C\CC)COP(=O)(O)OCCN. The summed E-state index contributed by atoms with van der Waals surface area (Å²) in [6.07, 6.45) is 106. The zero-order valence-electron chi connectivity index (χ0n) is 56.9. The first-order valence-electron chi connectivity index (χ1n) is 36.0. The largest absolute Gasteiger partial charge is 0.472 e. The second-order valence-electron chi connectivity index (χ2n) is 23.3. The van der Waals surface area contributed by atoms with E-state index in [2.05, 4.69) is 172 Å². The standard InChI is InChI=1S/C79H132NO8P/c1-3-5-7-9-11-13-15-17-19-21-23-25-27-29-31-33-35-36-37-38-39-40-42-44-46-48-50-52-54-56-58-60-62-64-66-68-70-72-79(82)88-77(76-87-89(83,84)86-74-73-80)75-85-78(81)71-69-67-65-63-61-59-57-55-53-51-49-47-45-43-41-34-32-30-28-26-24-22-20-18-16-14-12-10-8-6-4-2/h5-8,11-14,17-20,23-26,29-32,35-36,38-39,42,44,77H,3-4,9-10,15-16,21-22,27-28,33-34,37,40-41,43,45-76,80H2,1-2H3,(H,83,84)/b7-5-,8-6-,13-11-,14-12-,19-17-,20-18-,25-23-,26-24-,31-29-,32-30-,36-35-,39-38-,44-42-. The zero-order valence-corrected chi connectivity index (χ0v) is 57.8. The van der Waals surface area contributed by atoms with E-state index < -0.39 is 26.5 Å². The molecule has 9 nitrogen and oxygen atoms in total. The molecule has 0 saturated heterocycles. The van der Waals surface area contributed by atoms with Gasteiger partial charge in [-0.15, -0.1) is 0 Å². The van der Waals surface area contributed by atoms with Crippen molar-refractivity contribution in [3.8, 4) is 0 Å². The molecule has 0 bridgehead atoms. The Hall–Kier alpha value is -4.37. The molecule has 0 saturated carbocycles. The smallest absolute Gasteiger partial charge is 0.462 e. The predicted molar refractivity (Wildman–Crippen MR) is 385 cm³/mol. The molecule has 89 heavy (non-hydrogen) atoms. The van der Waals surface area contributed by atoms with Gasteiger partial charge >= 0.3 is 19.8 Å². The first-order chi connectivity index (χ1) is 43.8. The van der Waals surface area contributed by atoms with Gasteiger partial charge in [0.25, 0.3) is 0 Å². The van der Waals surface area contributed by atoms with Crippen LogP contribution >= 0.6 is 7.82 Å². The van der Waals surface area contributed by atoms with Gasteiger partial charge in [0.05, 0.1) is 13.2 Å². The van der Waals surface area contributed by atoms with Crippen LogP contribution in [0.25, 0.3) is 0 Å². The maximum absolute atomic E-state index is 12.8. The fraction of sp³-hybridized carbons (Fsp3) is 0.646. The lowest BCUT2D eigenvalue weighted by Crippen LogP contribution is -2.29. The quantitative estimate of drug-likeness (QED) is 0.0264. The van der Waals surface area contributed by atoms with Crippen LogP contribution in [0.15, 0.2) is 158 Å². The number of phosphoric ester groups is 1. The van der Waals surface area contributed by atoms with E-state index >= 15 is 0 Å². The summed E-state index contributed by atoms with van der Waals surface area (Å²) >= 11 is 0. The Balaban J connectivity index is 3.91. The number of rotatable bonds is 66. The summed E-state index contributed by atoms with van der Waals surface area (Å²) < 4.78 is 33.2. The molecule has 0 fully saturated rings. The third kappa shape index (κ3) is 72.6. The topological polar surface area (TPSA) is 134 Å². The van der Waals surface area contributed by atoms with Crippen LogP contribution in [-0.4, -0.2) is 49.3 Å². The maximum atomic E-state index is 12.8. The van der Waals surface area contributed by atoms with E-state index in [0.717, 1.165) is 128 Å². The summed E-state index contributed by atoms with van der Waals surface area (Å²) in [5.74, 6) is -0.831. The molecule has 0 heterocycles. The molecule has 0 rings (SSSR count). The molecule has 0 radical (unpaired) electrons. The Kier molecular flexibility index (Phi) is 69.1. The van der Waals surface area contributed by atoms with Crippen molar-refractivity contribution in [2.24, 2.45) is 5.73 Å². The molecule has 0 aromatic carbocycles. The number of nitrogens with two attached hydrogens (primary N) is 1. The highest BCUT2D eigenvalue weighted by Crippen LogP contribution is 2.43. The van der Waals surface area contributed by atoms with Gasteiger partial charge in [-0.2, -0.15) is 0 Å². The van der Waals surface area contributed by atoms with E-state index in [1.807, 2.05) is 0 Å². The number of hydrogen-bond donors (Lipinski definition) is 2. The molecule has 0 spiro atoms. The minimum atomic E-state index is -4.40. The molecule has 0 aliphatic carbocycles. The maximum Gasteiger partial charge on any atom is 0.472 e. The molecule has 506 valence electrons. The molecule has 0 aliphatic rings. The number of phosphoric acid groups is 1. The molecule has 10 heteroatoms. The monoisotopic (exact) mass is 1250 g/mol. The van der Waals surface area contributed by atoms with Crippen LogP contribution in [0.5, 0.6) is 0 Å². The number of carbonyl (C=O) groups excluding carboxylic acids is 2. The minimum Gasteiger partial charge on any atom is -0.462 e. The van der Waals surface area contributed by atoms with Crippen molar-refractivity contribution < 1.29 is 37.6 Å². The highest BCUT2D eigenvalue weighted by atomic mass is 31.2. The van der Waals surface area contributed by atoms with Crippen molar-refractivity contribution in [2.45, 2.75) is 302 Å². The van der Waals surface area contributed by atoms with E-state index in [0.29, 0.717) is 6.42 Å². The number of hydrogen-bond acceptors (Lipinski definition) is 8. The van der Waals surface area contributed by atoms with Crippen LogP contribution < -0.4 is 5.73 Å². The Morgan fingerprint density at radius 1 is 0.337 bits per heavy atom. The molecular formula is C79H132NO8P. The molecule has 0 aromatic heterocycles. The van der Waals surface area contributed by atoms with Crippen LogP contribution in [-0.2, 0) is 32.7 Å². The summed E-state index contributed by atoms with van der Waals surface area (Å²) in [5, 5.41) is 0. The third-order valence-electron chi connectivity index (χ3n) is 14.9. The van der Waals surface area contributed by atoms with Gasteiger partial charge in [-0.25, -0.2) is 4.57 Å². The van der Waals surface area contributed by atoms with Gasteiger partial charge in [0.1, 0.15) is 6.61 Å². The van der Waals surface area contributed by atoms with E-state index in [9.17, 15) is 19.0 Å². The predicted octanol–water partition coefficient (Wildman–Crippen LogP) is 24.0. The normalized spacial score (nSPS) is 13.9. The van der Waals surface area contributed by atoms with Crippen LogP contribution in [0.1, 0.15) is 296 Å². The first kappa shape index (κ1) is 84.6. The highest BCUT2D eigenvalue weighted by molar-refractivity contribution is 7.47. The van der Waals surface area contributed by atoms with Gasteiger partial charge in [-0.05, 0) is 122 Å². The zero-order chi connectivity index (χ0) is 64.4. The fourth-order valence-corrected chi connectivity index (χ4v) is 10.4. The van der Waals surface area contributed by atoms with Crippen LogP contribution in [0.2, 0.25) is 0 Å². The first-order valence-corrected chi connectivity index (χ1v) is 37.5. The Labute approximate surface area is 547 Å². The summed E-state index contributed by atoms with van der Waals surface area (Å²) in [5.41, 5.74) is 5.41.